The van der Waals surface area contributed by atoms with Crippen molar-refractivity contribution in [2.45, 2.75) is 39.7 Å². The van der Waals surface area contributed by atoms with Gasteiger partial charge in [0.2, 0.25) is 5.91 Å². The lowest BCUT2D eigenvalue weighted by molar-refractivity contribution is -0.131. The van der Waals surface area contributed by atoms with Crippen molar-refractivity contribution in [3.63, 3.8) is 0 Å². The molecule has 1 amide bonds. The van der Waals surface area contributed by atoms with Gasteiger partial charge in [0, 0.05) is 19.5 Å². The average Bonchev–Trinajstić information content (AvgIpc) is 2.15. The zero-order valence-electron chi connectivity index (χ0n) is 9.55. The van der Waals surface area contributed by atoms with Gasteiger partial charge in [0.1, 0.15) is 0 Å². The van der Waals surface area contributed by atoms with Crippen LogP contribution in [-0.2, 0) is 4.79 Å². The monoisotopic (exact) mass is 198 g/mol. The van der Waals surface area contributed by atoms with E-state index in [1.54, 1.807) is 6.92 Å². The van der Waals surface area contributed by atoms with Crippen LogP contribution in [0.5, 0.6) is 0 Å². The Balaban J connectivity index is 2.41. The van der Waals surface area contributed by atoms with Crippen LogP contribution >= 0.6 is 0 Å². The maximum Gasteiger partial charge on any atom is 0.219 e. The van der Waals surface area contributed by atoms with Gasteiger partial charge in [-0.25, -0.2) is 0 Å². The van der Waals surface area contributed by atoms with Gasteiger partial charge in [-0.15, -0.1) is 0 Å². The molecule has 1 aliphatic rings. The quantitative estimate of drug-likeness (QED) is 0.740. The third-order valence-electron chi connectivity index (χ3n) is 2.88. The Labute approximate surface area is 86.9 Å². The Bertz CT molecular complexity index is 186. The number of nitrogens with zero attached hydrogens (tertiary/aromatic N) is 1. The number of carbonyl (C=O) groups excluding carboxylic acids is 1. The van der Waals surface area contributed by atoms with E-state index >= 15 is 0 Å². The first kappa shape index (κ1) is 11.5. The second kappa shape index (κ2) is 5.35. The second-order valence-electron chi connectivity index (χ2n) is 4.48. The van der Waals surface area contributed by atoms with Crippen molar-refractivity contribution in [2.24, 2.45) is 5.92 Å². The molecule has 82 valence electrons. The zero-order valence-corrected chi connectivity index (χ0v) is 9.55. The molecule has 0 saturated carbocycles. The number of nitrogens with one attached hydrogen (secondary N) is 1. The van der Waals surface area contributed by atoms with Crippen LogP contribution in [-0.4, -0.2) is 36.5 Å². The zero-order chi connectivity index (χ0) is 10.6. The van der Waals surface area contributed by atoms with Crippen LogP contribution in [0.1, 0.15) is 33.6 Å². The van der Waals surface area contributed by atoms with E-state index in [-0.39, 0.29) is 5.91 Å². The normalized spacial score (nSPS) is 22.4. The standard InChI is InChI=1S/C11H22N2O/c1-9(2)13(10(3)14)8-11-5-4-6-12-7-11/h9,11-12H,4-8H2,1-3H3. The van der Waals surface area contributed by atoms with E-state index in [4.69, 9.17) is 0 Å². The summed E-state index contributed by atoms with van der Waals surface area (Å²) in [5.74, 6) is 0.848. The summed E-state index contributed by atoms with van der Waals surface area (Å²) in [6.07, 6.45) is 2.50. The largest absolute Gasteiger partial charge is 0.340 e. The fourth-order valence-electron chi connectivity index (χ4n) is 2.06. The summed E-state index contributed by atoms with van der Waals surface area (Å²) in [4.78, 5) is 13.3. The Morgan fingerprint density at radius 3 is 2.71 bits per heavy atom. The molecule has 1 N–H and O–H groups in total. The van der Waals surface area contributed by atoms with E-state index in [1.807, 2.05) is 4.90 Å². The maximum absolute atomic E-state index is 11.4. The van der Waals surface area contributed by atoms with Gasteiger partial charge in [0.25, 0.3) is 0 Å². The van der Waals surface area contributed by atoms with Gasteiger partial charge in [0.15, 0.2) is 0 Å². The Morgan fingerprint density at radius 2 is 2.29 bits per heavy atom. The molecule has 1 unspecified atom stereocenters. The molecule has 0 aromatic carbocycles. The molecule has 1 aliphatic heterocycles. The number of hydrogen-bond donors (Lipinski definition) is 1. The predicted octanol–water partition coefficient (Wildman–Crippen LogP) is 1.24. The summed E-state index contributed by atoms with van der Waals surface area (Å²) in [5.41, 5.74) is 0. The molecule has 0 aliphatic carbocycles. The van der Waals surface area contributed by atoms with Crippen LogP contribution in [0.25, 0.3) is 0 Å². The van der Waals surface area contributed by atoms with Crippen LogP contribution < -0.4 is 5.32 Å². The third-order valence-corrected chi connectivity index (χ3v) is 2.88. The highest BCUT2D eigenvalue weighted by Crippen LogP contribution is 2.13. The molecule has 3 heteroatoms. The van der Waals surface area contributed by atoms with Crippen molar-refractivity contribution in [1.82, 2.24) is 10.2 Å². The number of rotatable bonds is 3. The number of amides is 1. The molecule has 1 fully saturated rings. The highest BCUT2D eigenvalue weighted by atomic mass is 16.2. The fraction of sp³-hybridized carbons (Fsp3) is 0.909. The summed E-state index contributed by atoms with van der Waals surface area (Å²) in [7, 11) is 0. The molecule has 1 heterocycles. The van der Waals surface area contributed by atoms with Crippen LogP contribution in [0.2, 0.25) is 0 Å². The van der Waals surface area contributed by atoms with Crippen molar-refractivity contribution < 1.29 is 4.79 Å². The minimum Gasteiger partial charge on any atom is -0.340 e. The van der Waals surface area contributed by atoms with Crippen LogP contribution in [0.3, 0.4) is 0 Å². The van der Waals surface area contributed by atoms with Crippen LogP contribution in [0.15, 0.2) is 0 Å². The molecule has 1 saturated heterocycles. The highest BCUT2D eigenvalue weighted by molar-refractivity contribution is 5.73. The van der Waals surface area contributed by atoms with Gasteiger partial charge in [-0.1, -0.05) is 0 Å². The number of hydrogen-bond acceptors (Lipinski definition) is 2. The highest BCUT2D eigenvalue weighted by Gasteiger charge is 2.20. The summed E-state index contributed by atoms with van der Waals surface area (Å²) in [5, 5.41) is 3.38. The Morgan fingerprint density at radius 1 is 1.57 bits per heavy atom. The molecule has 1 atom stereocenters. The summed E-state index contributed by atoms with van der Waals surface area (Å²) in [6.45, 7) is 8.94. The minimum atomic E-state index is 0.200. The van der Waals surface area contributed by atoms with E-state index in [2.05, 4.69) is 19.2 Å². The van der Waals surface area contributed by atoms with Gasteiger partial charge in [-0.05, 0) is 45.7 Å². The topological polar surface area (TPSA) is 32.3 Å². The van der Waals surface area contributed by atoms with Gasteiger partial charge in [-0.2, -0.15) is 0 Å². The average molecular weight is 198 g/mol. The van der Waals surface area contributed by atoms with E-state index in [1.165, 1.54) is 12.8 Å². The maximum atomic E-state index is 11.4. The van der Waals surface area contributed by atoms with Gasteiger partial charge >= 0.3 is 0 Å². The van der Waals surface area contributed by atoms with E-state index in [0.29, 0.717) is 12.0 Å². The molecule has 0 bridgehead atoms. The van der Waals surface area contributed by atoms with Crippen molar-refractivity contribution in [3.8, 4) is 0 Å². The summed E-state index contributed by atoms with van der Waals surface area (Å²) < 4.78 is 0. The van der Waals surface area contributed by atoms with Crippen molar-refractivity contribution >= 4 is 5.91 Å². The smallest absolute Gasteiger partial charge is 0.219 e. The third kappa shape index (κ3) is 3.29. The Hall–Kier alpha value is -0.570. The molecule has 3 nitrogen and oxygen atoms in total. The van der Waals surface area contributed by atoms with Crippen LogP contribution in [0.4, 0.5) is 0 Å². The van der Waals surface area contributed by atoms with Gasteiger partial charge in [0.05, 0.1) is 0 Å². The van der Waals surface area contributed by atoms with Crippen molar-refractivity contribution in [3.05, 3.63) is 0 Å². The predicted molar refractivity (Wildman–Crippen MR) is 58.1 cm³/mol. The first-order valence-electron chi connectivity index (χ1n) is 5.59. The molecule has 0 radical (unpaired) electrons. The lowest BCUT2D eigenvalue weighted by Crippen LogP contribution is -2.43. The SMILES string of the molecule is CC(=O)N(CC1CCCNC1)C(C)C. The minimum absolute atomic E-state index is 0.200. The number of piperidine rings is 1. The molecular weight excluding hydrogens is 176 g/mol. The lowest BCUT2D eigenvalue weighted by Gasteiger charge is -2.32. The van der Waals surface area contributed by atoms with E-state index in [9.17, 15) is 4.79 Å². The molecule has 14 heavy (non-hydrogen) atoms. The van der Waals surface area contributed by atoms with Gasteiger partial charge in [-0.3, -0.25) is 4.79 Å². The van der Waals surface area contributed by atoms with E-state index in [0.717, 1.165) is 19.6 Å². The molecule has 1 rings (SSSR count). The second-order valence-corrected chi connectivity index (χ2v) is 4.48. The first-order chi connectivity index (χ1) is 6.61. The van der Waals surface area contributed by atoms with Crippen molar-refractivity contribution in [2.75, 3.05) is 19.6 Å². The van der Waals surface area contributed by atoms with Crippen LogP contribution in [0, 0.1) is 5.92 Å². The fourth-order valence-corrected chi connectivity index (χ4v) is 2.06. The molecule has 0 aromatic heterocycles. The summed E-state index contributed by atoms with van der Waals surface area (Å²) in [6, 6.07) is 0.328. The lowest BCUT2D eigenvalue weighted by atomic mass is 9.98. The molecule has 0 spiro atoms. The van der Waals surface area contributed by atoms with E-state index < -0.39 is 0 Å². The Kier molecular flexibility index (Phi) is 4.39. The van der Waals surface area contributed by atoms with Crippen molar-refractivity contribution in [1.29, 1.82) is 0 Å². The van der Waals surface area contributed by atoms with Gasteiger partial charge < -0.3 is 10.2 Å². The first-order valence-corrected chi connectivity index (χ1v) is 5.59. The summed E-state index contributed by atoms with van der Waals surface area (Å²) >= 11 is 0. The number of carbonyl (C=O) groups is 1. The molecular formula is C11H22N2O. The molecule has 0 aromatic rings.